The molecular formula is C11H13N3O3S. The summed E-state index contributed by atoms with van der Waals surface area (Å²) in [5.41, 5.74) is 1.81. The lowest BCUT2D eigenvalue weighted by atomic mass is 10.2. The van der Waals surface area contributed by atoms with Crippen LogP contribution in [0.4, 0.5) is 0 Å². The second-order valence-electron chi connectivity index (χ2n) is 4.17. The van der Waals surface area contributed by atoms with E-state index >= 15 is 0 Å². The molecule has 0 spiro atoms. The number of hydrogen-bond acceptors (Lipinski definition) is 5. The van der Waals surface area contributed by atoms with E-state index in [0.717, 1.165) is 0 Å². The number of amides is 1. The number of nitrogens with one attached hydrogen (secondary N) is 1. The van der Waals surface area contributed by atoms with Crippen LogP contribution < -0.4 is 11.0 Å². The molecule has 0 unspecified atom stereocenters. The van der Waals surface area contributed by atoms with Gasteiger partial charge in [-0.2, -0.15) is 0 Å². The molecule has 0 radical (unpaired) electrons. The van der Waals surface area contributed by atoms with Crippen LogP contribution in [0.5, 0.6) is 0 Å². The molecule has 2 aromatic heterocycles. The number of hydroxylamine groups is 1. The Morgan fingerprint density at radius 2 is 2.39 bits per heavy atom. The Labute approximate surface area is 107 Å². The van der Waals surface area contributed by atoms with Crippen LogP contribution in [0.25, 0.3) is 4.96 Å². The fourth-order valence-electron chi connectivity index (χ4n) is 1.31. The molecule has 2 heterocycles. The number of carbonyl (C=O) groups is 1. The molecule has 0 aliphatic carbocycles. The summed E-state index contributed by atoms with van der Waals surface area (Å²) in [6.07, 6.45) is 2.85. The summed E-state index contributed by atoms with van der Waals surface area (Å²) in [5.74, 6) is -0.280. The first-order valence-electron chi connectivity index (χ1n) is 5.46. The van der Waals surface area contributed by atoms with E-state index in [2.05, 4.69) is 10.5 Å². The van der Waals surface area contributed by atoms with Crippen molar-refractivity contribution < 1.29 is 9.63 Å². The summed E-state index contributed by atoms with van der Waals surface area (Å²) >= 11 is 1.33. The number of aromatic nitrogens is 2. The van der Waals surface area contributed by atoms with Crippen molar-refractivity contribution in [3.8, 4) is 0 Å². The molecule has 2 aromatic rings. The number of carbonyl (C=O) groups excluding carboxylic acids is 1. The maximum absolute atomic E-state index is 11.9. The van der Waals surface area contributed by atoms with Gasteiger partial charge in [0.25, 0.3) is 11.5 Å². The van der Waals surface area contributed by atoms with Gasteiger partial charge in [0.05, 0.1) is 6.61 Å². The minimum Gasteiger partial charge on any atom is -0.273 e. The van der Waals surface area contributed by atoms with Crippen molar-refractivity contribution in [2.24, 2.45) is 5.92 Å². The zero-order chi connectivity index (χ0) is 13.1. The molecule has 7 heteroatoms. The third kappa shape index (κ3) is 2.57. The molecule has 1 amide bonds. The zero-order valence-corrected chi connectivity index (χ0v) is 10.9. The maximum Gasteiger partial charge on any atom is 0.282 e. The molecule has 0 atom stereocenters. The Hall–Kier alpha value is -1.73. The topological polar surface area (TPSA) is 72.7 Å². The Morgan fingerprint density at radius 1 is 1.61 bits per heavy atom. The summed E-state index contributed by atoms with van der Waals surface area (Å²) in [6, 6.07) is 0. The van der Waals surface area contributed by atoms with Gasteiger partial charge in [0, 0.05) is 17.8 Å². The monoisotopic (exact) mass is 267 g/mol. The van der Waals surface area contributed by atoms with Gasteiger partial charge in [-0.1, -0.05) is 13.8 Å². The van der Waals surface area contributed by atoms with E-state index in [9.17, 15) is 9.59 Å². The average molecular weight is 267 g/mol. The normalized spacial score (nSPS) is 11.1. The van der Waals surface area contributed by atoms with E-state index in [-0.39, 0.29) is 5.56 Å². The standard InChI is InChI=1S/C11H13N3O3S/c1-7(2)6-17-13-9(15)8-5-12-11-14(10(8)16)3-4-18-11/h3-5,7H,6H2,1-2H3,(H,13,15). The van der Waals surface area contributed by atoms with Gasteiger partial charge in [-0.05, 0) is 5.92 Å². The Balaban J connectivity index is 2.17. The first kappa shape index (κ1) is 12.7. The summed E-state index contributed by atoms with van der Waals surface area (Å²) in [7, 11) is 0. The fourth-order valence-corrected chi connectivity index (χ4v) is 1.98. The quantitative estimate of drug-likeness (QED) is 0.841. The largest absolute Gasteiger partial charge is 0.282 e. The lowest BCUT2D eigenvalue weighted by Gasteiger charge is -2.07. The van der Waals surface area contributed by atoms with Gasteiger partial charge in [-0.25, -0.2) is 10.5 Å². The van der Waals surface area contributed by atoms with Crippen LogP contribution in [-0.2, 0) is 4.84 Å². The number of hydrogen-bond donors (Lipinski definition) is 1. The van der Waals surface area contributed by atoms with E-state index in [1.165, 1.54) is 21.9 Å². The lowest BCUT2D eigenvalue weighted by Crippen LogP contribution is -2.32. The average Bonchev–Trinajstić information content (AvgIpc) is 2.77. The maximum atomic E-state index is 11.9. The predicted molar refractivity (Wildman–Crippen MR) is 67.6 cm³/mol. The van der Waals surface area contributed by atoms with Crippen LogP contribution in [-0.4, -0.2) is 21.9 Å². The smallest absolute Gasteiger partial charge is 0.273 e. The van der Waals surface area contributed by atoms with E-state index in [4.69, 9.17) is 4.84 Å². The number of rotatable bonds is 4. The molecule has 0 bridgehead atoms. The summed E-state index contributed by atoms with van der Waals surface area (Å²) in [4.78, 5) is 33.2. The first-order chi connectivity index (χ1) is 8.59. The highest BCUT2D eigenvalue weighted by atomic mass is 32.1. The molecule has 0 fully saturated rings. The Morgan fingerprint density at radius 3 is 3.11 bits per heavy atom. The highest BCUT2D eigenvalue weighted by Gasteiger charge is 2.13. The minimum absolute atomic E-state index is 0.0327. The SMILES string of the molecule is CC(C)CONC(=O)c1cnc2sccn2c1=O. The molecule has 18 heavy (non-hydrogen) atoms. The van der Waals surface area contributed by atoms with Gasteiger partial charge in [0.15, 0.2) is 4.96 Å². The van der Waals surface area contributed by atoms with E-state index in [1.54, 1.807) is 11.6 Å². The molecule has 0 aliphatic rings. The van der Waals surface area contributed by atoms with Gasteiger partial charge in [0.1, 0.15) is 5.56 Å². The van der Waals surface area contributed by atoms with E-state index in [1.807, 2.05) is 13.8 Å². The van der Waals surface area contributed by atoms with Crippen molar-refractivity contribution in [2.75, 3.05) is 6.61 Å². The molecule has 2 rings (SSSR count). The van der Waals surface area contributed by atoms with Crippen molar-refractivity contribution in [1.29, 1.82) is 0 Å². The van der Waals surface area contributed by atoms with Gasteiger partial charge in [0.2, 0.25) is 0 Å². The van der Waals surface area contributed by atoms with Crippen LogP contribution in [0, 0.1) is 5.92 Å². The van der Waals surface area contributed by atoms with Crippen LogP contribution in [0.1, 0.15) is 24.2 Å². The number of fused-ring (bicyclic) bond motifs is 1. The molecule has 1 N–H and O–H groups in total. The predicted octanol–water partition coefficient (Wildman–Crippen LogP) is 1.07. The van der Waals surface area contributed by atoms with E-state index < -0.39 is 11.5 Å². The lowest BCUT2D eigenvalue weighted by molar-refractivity contribution is 0.0207. The molecular weight excluding hydrogens is 254 g/mol. The summed E-state index contributed by atoms with van der Waals surface area (Å²) < 4.78 is 1.34. The Kier molecular flexibility index (Phi) is 3.73. The molecule has 0 aromatic carbocycles. The van der Waals surface area contributed by atoms with Crippen molar-refractivity contribution in [3.63, 3.8) is 0 Å². The van der Waals surface area contributed by atoms with Gasteiger partial charge in [-0.15, -0.1) is 11.3 Å². The van der Waals surface area contributed by atoms with Gasteiger partial charge in [-0.3, -0.25) is 18.8 Å². The molecule has 0 saturated carbocycles. The third-order valence-corrected chi connectivity index (χ3v) is 2.94. The third-order valence-electron chi connectivity index (χ3n) is 2.17. The van der Waals surface area contributed by atoms with Crippen molar-refractivity contribution >= 4 is 22.2 Å². The highest BCUT2D eigenvalue weighted by molar-refractivity contribution is 7.15. The van der Waals surface area contributed by atoms with Crippen LogP contribution in [0.15, 0.2) is 22.6 Å². The molecule has 6 nitrogen and oxygen atoms in total. The van der Waals surface area contributed by atoms with Crippen LogP contribution in [0.2, 0.25) is 0 Å². The second kappa shape index (κ2) is 5.28. The second-order valence-corrected chi connectivity index (χ2v) is 5.04. The van der Waals surface area contributed by atoms with Crippen LogP contribution >= 0.6 is 11.3 Å². The first-order valence-corrected chi connectivity index (χ1v) is 6.34. The zero-order valence-electron chi connectivity index (χ0n) is 10.0. The molecule has 0 aliphatic heterocycles. The van der Waals surface area contributed by atoms with Crippen LogP contribution in [0.3, 0.4) is 0 Å². The highest BCUT2D eigenvalue weighted by Crippen LogP contribution is 2.05. The van der Waals surface area contributed by atoms with Gasteiger partial charge < -0.3 is 0 Å². The number of thiazole rings is 1. The van der Waals surface area contributed by atoms with Gasteiger partial charge >= 0.3 is 0 Å². The minimum atomic E-state index is -0.575. The van der Waals surface area contributed by atoms with Crippen molar-refractivity contribution in [3.05, 3.63) is 33.7 Å². The molecule has 96 valence electrons. The van der Waals surface area contributed by atoms with Crippen molar-refractivity contribution in [1.82, 2.24) is 14.9 Å². The summed E-state index contributed by atoms with van der Waals surface area (Å²) in [6.45, 7) is 4.31. The summed E-state index contributed by atoms with van der Waals surface area (Å²) in [5, 5.41) is 1.74. The number of nitrogens with zero attached hydrogens (tertiary/aromatic N) is 2. The molecule has 0 saturated heterocycles. The Bertz CT molecular complexity index is 617. The fraction of sp³-hybridized carbons (Fsp3) is 0.364. The van der Waals surface area contributed by atoms with E-state index in [0.29, 0.717) is 17.5 Å². The van der Waals surface area contributed by atoms with Crippen molar-refractivity contribution in [2.45, 2.75) is 13.8 Å².